The van der Waals surface area contributed by atoms with Gasteiger partial charge in [0, 0.05) is 11.6 Å². The number of ether oxygens (including phenoxy) is 1. The van der Waals surface area contributed by atoms with E-state index in [9.17, 15) is 14.0 Å². The van der Waals surface area contributed by atoms with Crippen molar-refractivity contribution in [2.24, 2.45) is 5.92 Å². The molecule has 118 valence electrons. The number of imide groups is 1. The minimum Gasteiger partial charge on any atom is -0.479 e. The summed E-state index contributed by atoms with van der Waals surface area (Å²) in [5.74, 6) is 0.341. The summed E-state index contributed by atoms with van der Waals surface area (Å²) in [7, 11) is 0. The molecule has 3 rings (SSSR count). The van der Waals surface area contributed by atoms with Crippen LogP contribution in [-0.2, 0) is 9.59 Å². The van der Waals surface area contributed by atoms with E-state index >= 15 is 0 Å². The Hall–Kier alpha value is -2.32. The third-order valence-electron chi connectivity index (χ3n) is 3.93. The van der Waals surface area contributed by atoms with Crippen molar-refractivity contribution in [2.45, 2.75) is 19.3 Å². The Morgan fingerprint density at radius 3 is 2.96 bits per heavy atom. The van der Waals surface area contributed by atoms with Crippen molar-refractivity contribution < 1.29 is 18.7 Å². The van der Waals surface area contributed by atoms with Crippen LogP contribution in [0.4, 0.5) is 10.1 Å². The van der Waals surface area contributed by atoms with Crippen LogP contribution in [0.25, 0.3) is 0 Å². The van der Waals surface area contributed by atoms with E-state index in [-0.39, 0.29) is 29.0 Å². The SMILES string of the molecule is C#CCOc1cc(N2C(=O)C3=CC(CCC3)C2=O)c(F)cc1Cl. The summed E-state index contributed by atoms with van der Waals surface area (Å²) in [6.45, 7) is -0.0551. The van der Waals surface area contributed by atoms with E-state index in [0.717, 1.165) is 17.4 Å². The normalized spacial score (nSPS) is 20.1. The number of rotatable bonds is 3. The highest BCUT2D eigenvalue weighted by molar-refractivity contribution is 6.32. The van der Waals surface area contributed by atoms with Crippen molar-refractivity contribution in [3.05, 3.63) is 34.6 Å². The fraction of sp³-hybridized carbons (Fsp3) is 0.294. The van der Waals surface area contributed by atoms with Gasteiger partial charge in [0.1, 0.15) is 18.2 Å². The third kappa shape index (κ3) is 2.71. The number of amides is 2. The van der Waals surface area contributed by atoms with Crippen LogP contribution < -0.4 is 9.64 Å². The summed E-state index contributed by atoms with van der Waals surface area (Å²) in [6, 6.07) is 2.26. The molecule has 1 aromatic carbocycles. The molecule has 0 N–H and O–H groups in total. The zero-order valence-electron chi connectivity index (χ0n) is 12.1. The Balaban J connectivity index is 2.04. The molecule has 0 saturated carbocycles. The van der Waals surface area contributed by atoms with Crippen molar-refractivity contribution >= 4 is 29.1 Å². The zero-order valence-corrected chi connectivity index (χ0v) is 12.9. The molecule has 0 fully saturated rings. The number of carbonyl (C=O) groups excluding carboxylic acids is 2. The van der Waals surface area contributed by atoms with Gasteiger partial charge in [0.15, 0.2) is 0 Å². The number of hydrogen-bond donors (Lipinski definition) is 0. The number of fused-ring (bicyclic) bond motifs is 1. The van der Waals surface area contributed by atoms with Crippen LogP contribution in [0.15, 0.2) is 23.8 Å². The highest BCUT2D eigenvalue weighted by Crippen LogP contribution is 2.38. The van der Waals surface area contributed by atoms with Crippen molar-refractivity contribution in [3.8, 4) is 18.1 Å². The quantitative estimate of drug-likeness (QED) is 0.631. The van der Waals surface area contributed by atoms with Gasteiger partial charge in [0.25, 0.3) is 5.91 Å². The highest BCUT2D eigenvalue weighted by atomic mass is 35.5. The summed E-state index contributed by atoms with van der Waals surface area (Å²) in [5.41, 5.74) is 0.384. The van der Waals surface area contributed by atoms with E-state index in [2.05, 4.69) is 5.92 Å². The van der Waals surface area contributed by atoms with Crippen LogP contribution in [-0.4, -0.2) is 18.4 Å². The lowest BCUT2D eigenvalue weighted by atomic mass is 9.85. The summed E-state index contributed by atoms with van der Waals surface area (Å²) in [6.07, 6.45) is 8.84. The van der Waals surface area contributed by atoms with Crippen molar-refractivity contribution in [3.63, 3.8) is 0 Å². The van der Waals surface area contributed by atoms with Gasteiger partial charge in [0.2, 0.25) is 5.91 Å². The maximum absolute atomic E-state index is 14.3. The van der Waals surface area contributed by atoms with Crippen LogP contribution in [0.1, 0.15) is 19.3 Å². The largest absolute Gasteiger partial charge is 0.479 e. The predicted octanol–water partition coefficient (Wildman–Crippen LogP) is 3.09. The Labute approximate surface area is 137 Å². The molecule has 1 aromatic rings. The number of halogens is 2. The van der Waals surface area contributed by atoms with Crippen LogP contribution in [0.2, 0.25) is 5.02 Å². The monoisotopic (exact) mass is 333 g/mol. The molecule has 1 unspecified atom stereocenters. The minimum atomic E-state index is -0.759. The smallest absolute Gasteiger partial charge is 0.260 e. The van der Waals surface area contributed by atoms with Gasteiger partial charge < -0.3 is 4.74 Å². The summed E-state index contributed by atoms with van der Waals surface area (Å²) < 4.78 is 19.6. The predicted molar refractivity (Wildman–Crippen MR) is 83.7 cm³/mol. The zero-order chi connectivity index (χ0) is 16.6. The van der Waals surface area contributed by atoms with Gasteiger partial charge in [-0.1, -0.05) is 23.6 Å². The maximum Gasteiger partial charge on any atom is 0.260 e. The molecule has 1 heterocycles. The topological polar surface area (TPSA) is 46.6 Å². The van der Waals surface area contributed by atoms with Gasteiger partial charge in [-0.25, -0.2) is 9.29 Å². The lowest BCUT2D eigenvalue weighted by molar-refractivity contribution is -0.128. The van der Waals surface area contributed by atoms with E-state index in [4.69, 9.17) is 22.8 Å². The Kier molecular flexibility index (Phi) is 4.10. The first-order valence-corrected chi connectivity index (χ1v) is 7.55. The first-order chi connectivity index (χ1) is 11.0. The average Bonchev–Trinajstić information content (AvgIpc) is 2.54. The lowest BCUT2D eigenvalue weighted by Crippen LogP contribution is -2.46. The second-order valence-electron chi connectivity index (χ2n) is 5.40. The van der Waals surface area contributed by atoms with Crippen molar-refractivity contribution in [1.29, 1.82) is 0 Å². The van der Waals surface area contributed by atoms with Crippen LogP contribution in [0, 0.1) is 24.1 Å². The molecule has 1 atom stereocenters. The molecule has 0 radical (unpaired) electrons. The summed E-state index contributed by atoms with van der Waals surface area (Å²) >= 11 is 5.91. The lowest BCUT2D eigenvalue weighted by Gasteiger charge is -2.33. The number of carbonyl (C=O) groups is 2. The molecule has 2 bridgehead atoms. The maximum atomic E-state index is 14.3. The fourth-order valence-electron chi connectivity index (χ4n) is 2.85. The van der Waals surface area contributed by atoms with Crippen LogP contribution in [0.5, 0.6) is 5.75 Å². The first-order valence-electron chi connectivity index (χ1n) is 7.17. The average molecular weight is 334 g/mol. The van der Waals surface area contributed by atoms with Gasteiger partial charge in [-0.2, -0.15) is 0 Å². The van der Waals surface area contributed by atoms with Gasteiger partial charge in [-0.3, -0.25) is 9.59 Å². The van der Waals surface area contributed by atoms with E-state index in [1.54, 1.807) is 6.08 Å². The number of hydrogen-bond acceptors (Lipinski definition) is 3. The number of nitrogens with zero attached hydrogens (tertiary/aromatic N) is 1. The number of terminal acetylenes is 1. The fourth-order valence-corrected chi connectivity index (χ4v) is 3.06. The molecular formula is C17H13ClFNO3. The molecule has 1 aliphatic carbocycles. The molecule has 23 heavy (non-hydrogen) atoms. The van der Waals surface area contributed by atoms with Gasteiger partial charge in [-0.05, 0) is 25.3 Å². The molecular weight excluding hydrogens is 321 g/mol. The van der Waals surface area contributed by atoms with Gasteiger partial charge in [0.05, 0.1) is 16.6 Å². The second kappa shape index (κ2) is 6.05. The van der Waals surface area contributed by atoms with E-state index in [1.807, 2.05) is 0 Å². The Bertz CT molecular complexity index is 766. The van der Waals surface area contributed by atoms with E-state index in [0.29, 0.717) is 18.4 Å². The molecule has 1 aliphatic heterocycles. The standard InChI is InChI=1S/C17H13ClFNO3/c1-2-6-23-15-9-14(13(19)8-12(15)18)20-16(21)10-4-3-5-11(7-10)17(20)22/h1,7-10H,3-6H2. The highest BCUT2D eigenvalue weighted by Gasteiger charge is 2.39. The first kappa shape index (κ1) is 15.6. The number of anilines is 1. The van der Waals surface area contributed by atoms with E-state index < -0.39 is 17.6 Å². The summed E-state index contributed by atoms with van der Waals surface area (Å²) in [4.78, 5) is 25.9. The van der Waals surface area contributed by atoms with Gasteiger partial charge >= 0.3 is 0 Å². The van der Waals surface area contributed by atoms with Crippen molar-refractivity contribution in [2.75, 3.05) is 11.5 Å². The van der Waals surface area contributed by atoms with Crippen LogP contribution >= 0.6 is 11.6 Å². The Morgan fingerprint density at radius 2 is 2.22 bits per heavy atom. The second-order valence-corrected chi connectivity index (χ2v) is 5.80. The molecule has 6 heteroatoms. The molecule has 0 spiro atoms. The molecule has 2 aliphatic rings. The molecule has 0 saturated heterocycles. The minimum absolute atomic E-state index is 0.0258. The summed E-state index contributed by atoms with van der Waals surface area (Å²) in [5, 5.41) is 0.0258. The van der Waals surface area contributed by atoms with E-state index in [1.165, 1.54) is 6.07 Å². The van der Waals surface area contributed by atoms with Crippen LogP contribution in [0.3, 0.4) is 0 Å². The Morgan fingerprint density at radius 1 is 1.43 bits per heavy atom. The molecule has 0 aromatic heterocycles. The van der Waals surface area contributed by atoms with Crippen molar-refractivity contribution in [1.82, 2.24) is 0 Å². The van der Waals surface area contributed by atoms with Gasteiger partial charge in [-0.15, -0.1) is 6.42 Å². The molecule has 4 nitrogen and oxygen atoms in total. The molecule has 2 amide bonds. The third-order valence-corrected chi connectivity index (χ3v) is 4.23. The number of benzene rings is 1.